The normalized spacial score (nSPS) is 26.2. The number of aromatic nitrogens is 1. The van der Waals surface area contributed by atoms with E-state index in [-0.39, 0.29) is 10.1 Å². The maximum absolute atomic E-state index is 5.87. The van der Waals surface area contributed by atoms with E-state index < -0.39 is 5.54 Å². The molecule has 2 aliphatic rings. The van der Waals surface area contributed by atoms with Gasteiger partial charge in [0.1, 0.15) is 5.75 Å². The lowest BCUT2D eigenvalue weighted by Crippen LogP contribution is -2.35. The van der Waals surface area contributed by atoms with Gasteiger partial charge >= 0.3 is 0 Å². The summed E-state index contributed by atoms with van der Waals surface area (Å²) in [5, 5.41) is 0. The Morgan fingerprint density at radius 3 is 2.75 bits per heavy atom. The molecular weight excluding hydrogens is 369 g/mol. The second-order valence-electron chi connectivity index (χ2n) is 4.60. The molecule has 6 heteroatoms. The lowest BCUT2D eigenvalue weighted by atomic mass is 9.83. The number of ether oxygens (including phenoxy) is 2. The number of hydrogen-bond acceptors (Lipinski definition) is 5. The summed E-state index contributed by atoms with van der Waals surface area (Å²) >= 11 is 2.21. The van der Waals surface area contributed by atoms with Crippen molar-refractivity contribution in [2.75, 3.05) is 0 Å². The number of amidine groups is 1. The van der Waals surface area contributed by atoms with Crippen molar-refractivity contribution in [2.24, 2.45) is 10.7 Å². The molecule has 0 saturated heterocycles. The third-order valence-corrected chi connectivity index (χ3v) is 4.68. The average Bonchev–Trinajstić information content (AvgIpc) is 2.75. The van der Waals surface area contributed by atoms with E-state index in [9.17, 15) is 0 Å². The van der Waals surface area contributed by atoms with Gasteiger partial charge in [0.15, 0.2) is 9.65 Å². The highest BCUT2D eigenvalue weighted by Crippen LogP contribution is 2.53. The van der Waals surface area contributed by atoms with E-state index in [4.69, 9.17) is 15.2 Å². The van der Waals surface area contributed by atoms with Crippen molar-refractivity contribution in [2.45, 2.75) is 9.65 Å². The third-order valence-electron chi connectivity index (χ3n) is 3.53. The summed E-state index contributed by atoms with van der Waals surface area (Å²) in [4.78, 5) is 8.89. The molecule has 0 saturated carbocycles. The summed E-state index contributed by atoms with van der Waals surface area (Å²) in [6, 6.07) is 11.8. The largest absolute Gasteiger partial charge is 0.448 e. The Hall–Kier alpha value is -1.83. The van der Waals surface area contributed by atoms with E-state index in [1.165, 1.54) is 0 Å². The molecular formula is C14H10IN3O2. The molecule has 0 fully saturated rings. The summed E-state index contributed by atoms with van der Waals surface area (Å²) in [6.45, 7) is 0. The van der Waals surface area contributed by atoms with Crippen LogP contribution >= 0.6 is 22.6 Å². The van der Waals surface area contributed by atoms with Crippen LogP contribution in [0, 0.1) is 0 Å². The van der Waals surface area contributed by atoms with Crippen LogP contribution in [-0.4, -0.2) is 15.1 Å². The fraction of sp³-hybridized carbons (Fsp3) is 0.143. The molecule has 0 amide bonds. The SMILES string of the molecule is NC1=NC2(c3ccccc3Oc3ncccc32)C(I)O1. The highest BCUT2D eigenvalue weighted by atomic mass is 127. The Kier molecular flexibility index (Phi) is 2.44. The van der Waals surface area contributed by atoms with E-state index >= 15 is 0 Å². The first-order chi connectivity index (χ1) is 9.72. The molecule has 100 valence electrons. The van der Waals surface area contributed by atoms with E-state index in [1.807, 2.05) is 36.4 Å². The van der Waals surface area contributed by atoms with Crippen molar-refractivity contribution < 1.29 is 9.47 Å². The number of alkyl halides is 1. The van der Waals surface area contributed by atoms with Gasteiger partial charge in [-0.2, -0.15) is 0 Å². The molecule has 2 atom stereocenters. The highest BCUT2D eigenvalue weighted by Gasteiger charge is 2.53. The van der Waals surface area contributed by atoms with Gasteiger partial charge in [0, 0.05) is 11.8 Å². The maximum Gasteiger partial charge on any atom is 0.284 e. The molecule has 2 N–H and O–H groups in total. The predicted octanol–water partition coefficient (Wildman–Crippen LogP) is 2.54. The van der Waals surface area contributed by atoms with Gasteiger partial charge in [-0.25, -0.2) is 9.98 Å². The Bertz CT molecular complexity index is 686. The highest BCUT2D eigenvalue weighted by molar-refractivity contribution is 14.1. The van der Waals surface area contributed by atoms with Gasteiger partial charge < -0.3 is 15.2 Å². The number of halogens is 1. The van der Waals surface area contributed by atoms with Crippen molar-refractivity contribution in [3.8, 4) is 11.6 Å². The van der Waals surface area contributed by atoms with Gasteiger partial charge in [-0.3, -0.25) is 0 Å². The van der Waals surface area contributed by atoms with E-state index in [2.05, 4.69) is 32.6 Å². The molecule has 3 heterocycles. The molecule has 0 bridgehead atoms. The van der Waals surface area contributed by atoms with Crippen LogP contribution in [0.5, 0.6) is 11.6 Å². The fourth-order valence-electron chi connectivity index (χ4n) is 2.69. The summed E-state index contributed by atoms with van der Waals surface area (Å²) in [7, 11) is 0. The summed E-state index contributed by atoms with van der Waals surface area (Å²) < 4.78 is 11.2. The molecule has 2 aromatic rings. The topological polar surface area (TPSA) is 69.7 Å². The van der Waals surface area contributed by atoms with Crippen LogP contribution in [0.15, 0.2) is 47.6 Å². The zero-order valence-electron chi connectivity index (χ0n) is 10.3. The Labute approximate surface area is 129 Å². The van der Waals surface area contributed by atoms with Crippen LogP contribution in [0.2, 0.25) is 0 Å². The van der Waals surface area contributed by atoms with Crippen LogP contribution in [0.3, 0.4) is 0 Å². The number of nitrogens with zero attached hydrogens (tertiary/aromatic N) is 2. The molecule has 4 rings (SSSR count). The van der Waals surface area contributed by atoms with Crippen LogP contribution in [0.25, 0.3) is 0 Å². The van der Waals surface area contributed by atoms with E-state index in [1.54, 1.807) is 6.20 Å². The second-order valence-corrected chi connectivity index (χ2v) is 5.74. The van der Waals surface area contributed by atoms with Crippen molar-refractivity contribution in [1.29, 1.82) is 0 Å². The van der Waals surface area contributed by atoms with Gasteiger partial charge in [0.05, 0.1) is 5.56 Å². The quantitative estimate of drug-likeness (QED) is 0.564. The second kappa shape index (κ2) is 4.08. The first kappa shape index (κ1) is 12.0. The standard InChI is InChI=1S/C14H10IN3O2/c15-12-14(18-13(16)20-12)8-4-1-2-6-10(8)19-11-9(14)5-3-7-17-11/h1-7,12H,(H2,16,18). The van der Waals surface area contributed by atoms with E-state index in [0.29, 0.717) is 5.88 Å². The molecule has 1 spiro atoms. The first-order valence-electron chi connectivity index (χ1n) is 6.11. The maximum atomic E-state index is 5.87. The lowest BCUT2D eigenvalue weighted by molar-refractivity contribution is 0.244. The van der Waals surface area contributed by atoms with Crippen molar-refractivity contribution >= 4 is 28.6 Å². The van der Waals surface area contributed by atoms with E-state index in [0.717, 1.165) is 16.9 Å². The van der Waals surface area contributed by atoms with Gasteiger partial charge in [-0.05, 0) is 40.8 Å². The van der Waals surface area contributed by atoms with Crippen LogP contribution in [0.4, 0.5) is 0 Å². The van der Waals surface area contributed by atoms with Gasteiger partial charge in [-0.1, -0.05) is 18.2 Å². The molecule has 5 nitrogen and oxygen atoms in total. The molecule has 0 aliphatic carbocycles. The minimum Gasteiger partial charge on any atom is -0.448 e. The smallest absolute Gasteiger partial charge is 0.284 e. The van der Waals surface area contributed by atoms with Gasteiger partial charge in [-0.15, -0.1) is 0 Å². The lowest BCUT2D eigenvalue weighted by Gasteiger charge is -2.34. The Morgan fingerprint density at radius 1 is 1.15 bits per heavy atom. The molecule has 0 radical (unpaired) electrons. The Balaban J connectivity index is 2.08. The number of hydrogen-bond donors (Lipinski definition) is 1. The first-order valence-corrected chi connectivity index (χ1v) is 7.35. The van der Waals surface area contributed by atoms with Crippen molar-refractivity contribution in [3.63, 3.8) is 0 Å². The number of pyridine rings is 1. The molecule has 2 aliphatic heterocycles. The fourth-order valence-corrected chi connectivity index (χ4v) is 3.76. The zero-order valence-corrected chi connectivity index (χ0v) is 12.4. The molecule has 1 aromatic heterocycles. The monoisotopic (exact) mass is 379 g/mol. The minimum absolute atomic E-state index is 0.191. The average molecular weight is 379 g/mol. The zero-order chi connectivity index (χ0) is 13.7. The third kappa shape index (κ3) is 1.42. The number of benzene rings is 1. The van der Waals surface area contributed by atoms with Crippen LogP contribution < -0.4 is 10.5 Å². The summed E-state index contributed by atoms with van der Waals surface area (Å²) in [6.07, 6.45) is 1.70. The number of para-hydroxylation sites is 1. The number of fused-ring (bicyclic) bond motifs is 4. The number of rotatable bonds is 0. The molecule has 20 heavy (non-hydrogen) atoms. The van der Waals surface area contributed by atoms with Crippen LogP contribution in [-0.2, 0) is 10.3 Å². The number of nitrogens with two attached hydrogens (primary N) is 1. The van der Waals surface area contributed by atoms with Crippen molar-refractivity contribution in [3.05, 3.63) is 53.7 Å². The summed E-state index contributed by atoms with van der Waals surface area (Å²) in [5.41, 5.74) is 6.93. The van der Waals surface area contributed by atoms with Gasteiger partial charge in [0.2, 0.25) is 5.88 Å². The predicted molar refractivity (Wildman–Crippen MR) is 82.0 cm³/mol. The minimum atomic E-state index is -0.691. The van der Waals surface area contributed by atoms with Crippen LogP contribution in [0.1, 0.15) is 11.1 Å². The molecule has 2 unspecified atom stereocenters. The summed E-state index contributed by atoms with van der Waals surface area (Å²) in [5.74, 6) is 1.29. The van der Waals surface area contributed by atoms with Crippen molar-refractivity contribution in [1.82, 2.24) is 4.98 Å². The van der Waals surface area contributed by atoms with Gasteiger partial charge in [0.25, 0.3) is 6.02 Å². The Morgan fingerprint density at radius 2 is 1.95 bits per heavy atom. The molecule has 1 aromatic carbocycles. The number of aliphatic imine (C=N–C) groups is 1.